The molecule has 0 atom stereocenters. The number of aromatic nitrogens is 1. The molecule has 0 aliphatic heterocycles. The molecule has 1 amide bonds. The average Bonchev–Trinajstić information content (AvgIpc) is 1.93. The molecule has 1 N–H and O–H groups in total. The number of amides is 1. The van der Waals surface area contributed by atoms with Crippen LogP contribution in [-0.4, -0.2) is 10.9 Å². The Kier molecular flexibility index (Phi) is 2.15. The first kappa shape index (κ1) is 7.65. The number of rotatable bonds is 1. The van der Waals surface area contributed by atoms with Gasteiger partial charge in [0, 0.05) is 13.1 Å². The summed E-state index contributed by atoms with van der Waals surface area (Å²) in [6.07, 6.45) is 3.58. The molecule has 1 radical (unpaired) electrons. The third-order valence-corrected chi connectivity index (χ3v) is 1.01. The predicted octanol–water partition coefficient (Wildman–Crippen LogP) is 0.979. The lowest BCUT2D eigenvalue weighted by Crippen LogP contribution is -2.07. The van der Waals surface area contributed by atoms with Crippen LogP contribution in [0, 0.1) is 12.0 Å². The summed E-state index contributed by atoms with van der Waals surface area (Å²) in [7, 11) is 0. The largest absolute Gasteiger partial charge is 0.322 e. The third-order valence-electron chi connectivity index (χ3n) is 1.01. The molecule has 1 heterocycles. The fraction of sp³-hybridized carbons (Fsp3) is 0.143. The number of nitrogens with zero attached hydrogens (tertiary/aromatic N) is 1. The number of hydrogen-bond acceptors (Lipinski definition) is 2. The molecule has 0 fully saturated rings. The SMILES string of the molecule is CC(=O)Nc1[c]nccc1F. The third kappa shape index (κ3) is 2.00. The molecule has 1 aromatic rings. The summed E-state index contributed by atoms with van der Waals surface area (Å²) in [6.45, 7) is 1.29. The first-order chi connectivity index (χ1) is 5.20. The van der Waals surface area contributed by atoms with E-state index in [0.29, 0.717) is 0 Å². The average molecular weight is 153 g/mol. The fourth-order valence-corrected chi connectivity index (χ4v) is 0.605. The molecule has 0 aliphatic carbocycles. The summed E-state index contributed by atoms with van der Waals surface area (Å²) < 4.78 is 12.7. The maximum absolute atomic E-state index is 12.7. The van der Waals surface area contributed by atoms with Crippen LogP contribution in [0.1, 0.15) is 6.92 Å². The number of halogens is 1. The highest BCUT2D eigenvalue weighted by Gasteiger charge is 2.01. The van der Waals surface area contributed by atoms with E-state index in [0.717, 1.165) is 6.07 Å². The van der Waals surface area contributed by atoms with Crippen molar-refractivity contribution in [1.29, 1.82) is 0 Å². The Morgan fingerprint density at radius 1 is 1.82 bits per heavy atom. The number of hydrogen-bond donors (Lipinski definition) is 1. The summed E-state index contributed by atoms with van der Waals surface area (Å²) in [5.41, 5.74) is -0.0139. The maximum atomic E-state index is 12.7. The van der Waals surface area contributed by atoms with Crippen molar-refractivity contribution in [3.63, 3.8) is 0 Å². The topological polar surface area (TPSA) is 42.0 Å². The van der Waals surface area contributed by atoms with Crippen LogP contribution in [0.15, 0.2) is 12.3 Å². The van der Waals surface area contributed by atoms with Crippen LogP contribution in [0.5, 0.6) is 0 Å². The Bertz CT molecular complexity index is 275. The second-order valence-electron chi connectivity index (χ2n) is 1.96. The van der Waals surface area contributed by atoms with Gasteiger partial charge in [-0.25, -0.2) is 4.39 Å². The molecule has 1 aromatic heterocycles. The van der Waals surface area contributed by atoms with E-state index in [4.69, 9.17) is 0 Å². The summed E-state index contributed by atoms with van der Waals surface area (Å²) in [5.74, 6) is -0.872. The zero-order chi connectivity index (χ0) is 8.27. The molecule has 0 unspecified atom stereocenters. The fourth-order valence-electron chi connectivity index (χ4n) is 0.605. The van der Waals surface area contributed by atoms with E-state index in [2.05, 4.69) is 16.5 Å². The van der Waals surface area contributed by atoms with Crippen molar-refractivity contribution in [3.05, 3.63) is 24.3 Å². The molecule has 3 nitrogen and oxygen atoms in total. The van der Waals surface area contributed by atoms with Crippen molar-refractivity contribution < 1.29 is 9.18 Å². The Morgan fingerprint density at radius 2 is 2.55 bits per heavy atom. The zero-order valence-corrected chi connectivity index (χ0v) is 5.89. The molecule has 0 aromatic carbocycles. The highest BCUT2D eigenvalue weighted by atomic mass is 19.1. The second-order valence-corrected chi connectivity index (χ2v) is 1.96. The van der Waals surface area contributed by atoms with Gasteiger partial charge in [-0.2, -0.15) is 0 Å². The molecule has 1 rings (SSSR count). The lowest BCUT2D eigenvalue weighted by molar-refractivity contribution is -0.114. The van der Waals surface area contributed by atoms with Crippen LogP contribution < -0.4 is 5.32 Å². The van der Waals surface area contributed by atoms with E-state index >= 15 is 0 Å². The van der Waals surface area contributed by atoms with Gasteiger partial charge in [0.2, 0.25) is 5.91 Å². The molecular weight excluding hydrogens is 147 g/mol. The van der Waals surface area contributed by atoms with Gasteiger partial charge in [0.15, 0.2) is 5.82 Å². The van der Waals surface area contributed by atoms with Crippen LogP contribution in [-0.2, 0) is 4.79 Å². The van der Waals surface area contributed by atoms with Gasteiger partial charge in [0.25, 0.3) is 0 Å². The number of carbonyl (C=O) groups is 1. The first-order valence-corrected chi connectivity index (χ1v) is 3.00. The Labute approximate surface area is 63.3 Å². The molecule has 11 heavy (non-hydrogen) atoms. The number of pyridine rings is 1. The quantitative estimate of drug-likeness (QED) is 0.653. The smallest absolute Gasteiger partial charge is 0.221 e. The van der Waals surface area contributed by atoms with E-state index in [-0.39, 0.29) is 11.6 Å². The lowest BCUT2D eigenvalue weighted by Gasteiger charge is -1.99. The molecule has 57 valence electrons. The van der Waals surface area contributed by atoms with Crippen LogP contribution in [0.3, 0.4) is 0 Å². The highest BCUT2D eigenvalue weighted by Crippen LogP contribution is 2.08. The van der Waals surface area contributed by atoms with Crippen molar-refractivity contribution in [1.82, 2.24) is 4.98 Å². The highest BCUT2D eigenvalue weighted by molar-refractivity contribution is 5.88. The Balaban J connectivity index is 2.86. The van der Waals surface area contributed by atoms with E-state index in [1.54, 1.807) is 0 Å². The van der Waals surface area contributed by atoms with Crippen LogP contribution >= 0.6 is 0 Å². The molecule has 0 saturated heterocycles. The molecule has 4 heteroatoms. The van der Waals surface area contributed by atoms with E-state index in [1.807, 2.05) is 0 Å². The lowest BCUT2D eigenvalue weighted by atomic mass is 10.4. The minimum atomic E-state index is -0.532. The summed E-state index contributed by atoms with van der Waals surface area (Å²) in [6, 6.07) is 1.15. The van der Waals surface area contributed by atoms with E-state index in [9.17, 15) is 9.18 Å². The monoisotopic (exact) mass is 153 g/mol. The van der Waals surface area contributed by atoms with Gasteiger partial charge < -0.3 is 5.32 Å². The molecule has 0 spiro atoms. The van der Waals surface area contributed by atoms with Crippen molar-refractivity contribution in [2.45, 2.75) is 6.92 Å². The Morgan fingerprint density at radius 3 is 3.09 bits per heavy atom. The van der Waals surface area contributed by atoms with Crippen molar-refractivity contribution >= 4 is 11.6 Å². The molecular formula is C7H6FN2O. The van der Waals surface area contributed by atoms with Crippen molar-refractivity contribution in [3.8, 4) is 0 Å². The van der Waals surface area contributed by atoms with Gasteiger partial charge in [0.05, 0.1) is 0 Å². The summed E-state index contributed by atoms with van der Waals surface area (Å²) in [5, 5.41) is 2.24. The van der Waals surface area contributed by atoms with Gasteiger partial charge in [-0.15, -0.1) is 0 Å². The van der Waals surface area contributed by atoms with Gasteiger partial charge in [-0.1, -0.05) is 0 Å². The van der Waals surface area contributed by atoms with E-state index in [1.165, 1.54) is 13.1 Å². The van der Waals surface area contributed by atoms with Gasteiger partial charge in [-0.3, -0.25) is 9.78 Å². The predicted molar refractivity (Wildman–Crippen MR) is 37.3 cm³/mol. The zero-order valence-electron chi connectivity index (χ0n) is 5.89. The van der Waals surface area contributed by atoms with Crippen LogP contribution in [0.25, 0.3) is 0 Å². The van der Waals surface area contributed by atoms with Crippen molar-refractivity contribution in [2.75, 3.05) is 5.32 Å². The number of anilines is 1. The van der Waals surface area contributed by atoms with Gasteiger partial charge in [-0.05, 0) is 6.07 Å². The van der Waals surface area contributed by atoms with Crippen molar-refractivity contribution in [2.24, 2.45) is 0 Å². The Hall–Kier alpha value is -1.45. The minimum absolute atomic E-state index is 0.0139. The van der Waals surface area contributed by atoms with Crippen LogP contribution in [0.2, 0.25) is 0 Å². The number of carbonyl (C=O) groups excluding carboxylic acids is 1. The summed E-state index contributed by atoms with van der Waals surface area (Å²) in [4.78, 5) is 14.0. The maximum Gasteiger partial charge on any atom is 0.221 e. The molecule has 0 bridgehead atoms. The van der Waals surface area contributed by atoms with Gasteiger partial charge >= 0.3 is 0 Å². The minimum Gasteiger partial charge on any atom is -0.322 e. The second kappa shape index (κ2) is 3.09. The van der Waals surface area contributed by atoms with Gasteiger partial charge in [0.1, 0.15) is 11.9 Å². The summed E-state index contributed by atoms with van der Waals surface area (Å²) >= 11 is 0. The van der Waals surface area contributed by atoms with Crippen LogP contribution in [0.4, 0.5) is 10.1 Å². The first-order valence-electron chi connectivity index (χ1n) is 3.00. The van der Waals surface area contributed by atoms with E-state index < -0.39 is 5.82 Å². The molecule has 0 saturated carbocycles. The standard InChI is InChI=1S/C7H6FN2O/c1-5(11)10-7-4-9-3-2-6(7)8/h2-3H,1H3,(H,10,11). The molecule has 0 aliphatic rings. The normalized spacial score (nSPS) is 9.27. The number of nitrogens with one attached hydrogen (secondary N) is 1.